The van der Waals surface area contributed by atoms with Gasteiger partial charge in [0.1, 0.15) is 5.76 Å². The molecule has 19 heavy (non-hydrogen) atoms. The fourth-order valence-electron chi connectivity index (χ4n) is 1.63. The van der Waals surface area contributed by atoms with Gasteiger partial charge in [-0.2, -0.15) is 0 Å². The minimum atomic E-state index is -0.104. The molecule has 1 N–H and O–H groups in total. The van der Waals surface area contributed by atoms with Crippen molar-refractivity contribution >= 4 is 34.8 Å². The van der Waals surface area contributed by atoms with Crippen molar-refractivity contribution in [2.24, 2.45) is 0 Å². The molecule has 1 heterocycles. The smallest absolute Gasteiger partial charge is 0.224 e. The minimum Gasteiger partial charge on any atom is -0.469 e. The van der Waals surface area contributed by atoms with E-state index in [1.54, 1.807) is 24.5 Å². The van der Waals surface area contributed by atoms with Gasteiger partial charge in [-0.05, 0) is 36.8 Å². The Bertz CT molecular complexity index is 556. The van der Waals surface area contributed by atoms with Crippen LogP contribution >= 0.6 is 23.2 Å². The molecule has 0 aliphatic rings. The molecule has 0 aliphatic carbocycles. The van der Waals surface area contributed by atoms with Crippen LogP contribution in [-0.4, -0.2) is 5.91 Å². The lowest BCUT2D eigenvalue weighted by molar-refractivity contribution is -0.116. The van der Waals surface area contributed by atoms with Crippen molar-refractivity contribution in [3.8, 4) is 0 Å². The quantitative estimate of drug-likeness (QED) is 0.905. The average Bonchev–Trinajstić information content (AvgIpc) is 2.86. The maximum Gasteiger partial charge on any atom is 0.224 e. The van der Waals surface area contributed by atoms with Crippen molar-refractivity contribution in [2.45, 2.75) is 19.8 Å². The molecule has 1 aromatic carbocycles. The third-order valence-electron chi connectivity index (χ3n) is 2.74. The number of carbonyl (C=O) groups is 1. The molecule has 0 fully saturated rings. The number of hydrogen-bond acceptors (Lipinski definition) is 2. The molecule has 2 aromatic rings. The molecule has 0 atom stereocenters. The zero-order valence-electron chi connectivity index (χ0n) is 10.4. The van der Waals surface area contributed by atoms with Gasteiger partial charge < -0.3 is 9.73 Å². The highest BCUT2D eigenvalue weighted by Gasteiger charge is 2.08. The first-order valence-electron chi connectivity index (χ1n) is 5.84. The van der Waals surface area contributed by atoms with E-state index in [1.807, 2.05) is 13.0 Å². The van der Waals surface area contributed by atoms with Crippen molar-refractivity contribution in [1.82, 2.24) is 0 Å². The van der Waals surface area contributed by atoms with Gasteiger partial charge in [0.15, 0.2) is 0 Å². The summed E-state index contributed by atoms with van der Waals surface area (Å²) in [6.07, 6.45) is 2.50. The van der Waals surface area contributed by atoms with Gasteiger partial charge >= 0.3 is 0 Å². The Morgan fingerprint density at radius 2 is 2.00 bits per heavy atom. The molecular formula is C14H13Cl2NO2. The molecule has 0 saturated heterocycles. The molecular weight excluding hydrogens is 285 g/mol. The first-order chi connectivity index (χ1) is 9.06. The molecule has 0 saturated carbocycles. The van der Waals surface area contributed by atoms with E-state index in [4.69, 9.17) is 27.6 Å². The largest absolute Gasteiger partial charge is 0.469 e. The predicted molar refractivity (Wildman–Crippen MR) is 76.9 cm³/mol. The minimum absolute atomic E-state index is 0.104. The lowest BCUT2D eigenvalue weighted by atomic mass is 10.2. The van der Waals surface area contributed by atoms with Crippen molar-refractivity contribution in [1.29, 1.82) is 0 Å². The third-order valence-corrected chi connectivity index (χ3v) is 3.53. The van der Waals surface area contributed by atoms with Gasteiger partial charge in [-0.15, -0.1) is 0 Å². The number of rotatable bonds is 4. The molecule has 0 unspecified atom stereocenters. The summed E-state index contributed by atoms with van der Waals surface area (Å²) >= 11 is 12.0. The summed E-state index contributed by atoms with van der Waals surface area (Å²) in [5, 5.41) is 3.84. The van der Waals surface area contributed by atoms with Crippen LogP contribution in [0.2, 0.25) is 10.0 Å². The normalized spacial score (nSPS) is 10.5. The van der Waals surface area contributed by atoms with E-state index in [9.17, 15) is 4.79 Å². The second-order valence-corrected chi connectivity index (χ2v) is 5.01. The van der Waals surface area contributed by atoms with E-state index in [0.29, 0.717) is 28.6 Å². The summed E-state index contributed by atoms with van der Waals surface area (Å²) in [6.45, 7) is 1.83. The Balaban J connectivity index is 1.95. The van der Waals surface area contributed by atoms with Crippen LogP contribution in [0.5, 0.6) is 0 Å². The van der Waals surface area contributed by atoms with Crippen molar-refractivity contribution in [3.05, 3.63) is 51.9 Å². The van der Waals surface area contributed by atoms with Gasteiger partial charge in [0.2, 0.25) is 5.91 Å². The molecule has 1 aromatic heterocycles. The number of carbonyl (C=O) groups excluding carboxylic acids is 1. The fourth-order valence-corrected chi connectivity index (χ4v) is 2.12. The first-order valence-corrected chi connectivity index (χ1v) is 6.59. The van der Waals surface area contributed by atoms with E-state index >= 15 is 0 Å². The molecule has 0 spiro atoms. The lowest BCUT2D eigenvalue weighted by Gasteiger charge is -2.08. The van der Waals surface area contributed by atoms with Gasteiger partial charge in [-0.3, -0.25) is 4.79 Å². The zero-order valence-corrected chi connectivity index (χ0v) is 11.9. The summed E-state index contributed by atoms with van der Waals surface area (Å²) in [5.74, 6) is 0.683. The first kappa shape index (κ1) is 14.0. The van der Waals surface area contributed by atoms with Gasteiger partial charge in [0.25, 0.3) is 0 Å². The Kier molecular flexibility index (Phi) is 4.51. The summed E-state index contributed by atoms with van der Waals surface area (Å²) in [6, 6.07) is 7.01. The van der Waals surface area contributed by atoms with Crippen molar-refractivity contribution in [3.63, 3.8) is 0 Å². The predicted octanol–water partition coefficient (Wildman–Crippen LogP) is 4.47. The topological polar surface area (TPSA) is 42.2 Å². The summed E-state index contributed by atoms with van der Waals surface area (Å²) < 4.78 is 5.17. The Morgan fingerprint density at radius 3 is 2.58 bits per heavy atom. The summed E-state index contributed by atoms with van der Waals surface area (Å²) in [4.78, 5) is 11.8. The zero-order chi connectivity index (χ0) is 13.8. The standard InChI is InChI=1S/C14H13Cl2NO2/c1-9-12(15)7-10(8-13(9)16)17-14(18)5-4-11-3-2-6-19-11/h2-3,6-8H,4-5H2,1H3,(H,17,18). The van der Waals surface area contributed by atoms with Crippen molar-refractivity contribution in [2.75, 3.05) is 5.32 Å². The molecule has 100 valence electrons. The number of aryl methyl sites for hydroxylation is 1. The molecule has 0 radical (unpaired) electrons. The van der Waals surface area contributed by atoms with Crippen LogP contribution < -0.4 is 5.32 Å². The van der Waals surface area contributed by atoms with Crippen LogP contribution in [0.25, 0.3) is 0 Å². The molecule has 0 aliphatic heterocycles. The molecule has 5 heteroatoms. The summed E-state index contributed by atoms with van der Waals surface area (Å²) in [7, 11) is 0. The number of furan rings is 1. The van der Waals surface area contributed by atoms with Crippen LogP contribution in [0.4, 0.5) is 5.69 Å². The highest BCUT2D eigenvalue weighted by Crippen LogP contribution is 2.28. The maximum atomic E-state index is 11.8. The average molecular weight is 298 g/mol. The summed E-state index contributed by atoms with van der Waals surface area (Å²) in [5.41, 5.74) is 1.40. The highest BCUT2D eigenvalue weighted by molar-refractivity contribution is 6.36. The Morgan fingerprint density at radius 1 is 1.32 bits per heavy atom. The number of nitrogens with one attached hydrogen (secondary N) is 1. The molecule has 3 nitrogen and oxygen atoms in total. The van der Waals surface area contributed by atoms with Crippen LogP contribution in [-0.2, 0) is 11.2 Å². The maximum absolute atomic E-state index is 11.8. The van der Waals surface area contributed by atoms with Crippen LogP contribution in [0, 0.1) is 6.92 Å². The molecule has 0 bridgehead atoms. The van der Waals surface area contributed by atoms with Crippen molar-refractivity contribution < 1.29 is 9.21 Å². The Labute approximate surface area is 121 Å². The van der Waals surface area contributed by atoms with Gasteiger partial charge in [-0.1, -0.05) is 23.2 Å². The van der Waals surface area contributed by atoms with E-state index < -0.39 is 0 Å². The number of halogens is 2. The monoisotopic (exact) mass is 297 g/mol. The van der Waals surface area contributed by atoms with Gasteiger partial charge in [-0.25, -0.2) is 0 Å². The second-order valence-electron chi connectivity index (χ2n) is 4.19. The van der Waals surface area contributed by atoms with E-state index in [0.717, 1.165) is 11.3 Å². The number of hydrogen-bond donors (Lipinski definition) is 1. The Hall–Kier alpha value is -1.45. The lowest BCUT2D eigenvalue weighted by Crippen LogP contribution is -2.12. The fraction of sp³-hybridized carbons (Fsp3) is 0.214. The molecule has 1 amide bonds. The second kappa shape index (κ2) is 6.13. The number of amides is 1. The van der Waals surface area contributed by atoms with E-state index in [2.05, 4.69) is 5.32 Å². The number of benzene rings is 1. The van der Waals surface area contributed by atoms with Gasteiger partial charge in [0, 0.05) is 28.6 Å². The number of anilines is 1. The molecule has 2 rings (SSSR count). The van der Waals surface area contributed by atoms with Crippen LogP contribution in [0.3, 0.4) is 0 Å². The SMILES string of the molecule is Cc1c(Cl)cc(NC(=O)CCc2ccco2)cc1Cl. The van der Waals surface area contributed by atoms with E-state index in [-0.39, 0.29) is 5.91 Å². The van der Waals surface area contributed by atoms with Crippen LogP contribution in [0.1, 0.15) is 17.7 Å². The van der Waals surface area contributed by atoms with Crippen LogP contribution in [0.15, 0.2) is 34.9 Å². The third kappa shape index (κ3) is 3.75. The van der Waals surface area contributed by atoms with E-state index in [1.165, 1.54) is 0 Å². The van der Waals surface area contributed by atoms with Gasteiger partial charge in [0.05, 0.1) is 6.26 Å². The highest BCUT2D eigenvalue weighted by atomic mass is 35.5.